The first kappa shape index (κ1) is 17.0. The van der Waals surface area contributed by atoms with Crippen LogP contribution in [0.5, 0.6) is 0 Å². The minimum Gasteiger partial charge on any atom is -0.404 e. The largest absolute Gasteiger partial charge is 0.404 e. The number of rotatable bonds is 6. The van der Waals surface area contributed by atoms with Gasteiger partial charge in [-0.25, -0.2) is 0 Å². The number of nitrogens with zero attached hydrogens (tertiary/aromatic N) is 1. The normalized spacial score (nSPS) is 11.9. The van der Waals surface area contributed by atoms with E-state index in [0.717, 1.165) is 5.56 Å². The van der Waals surface area contributed by atoms with Gasteiger partial charge in [0.15, 0.2) is 0 Å². The van der Waals surface area contributed by atoms with Gasteiger partial charge in [-0.2, -0.15) is 0 Å². The molecule has 0 aliphatic carbocycles. The molecule has 0 saturated heterocycles. The molecule has 0 fully saturated rings. The molecule has 0 aromatic heterocycles. The van der Waals surface area contributed by atoms with Crippen molar-refractivity contribution in [3.05, 3.63) is 84.1 Å². The Kier molecular flexibility index (Phi) is 6.35. The maximum absolute atomic E-state index is 11.9. The summed E-state index contributed by atoms with van der Waals surface area (Å²) in [7, 11) is 0. The molecule has 2 aromatic carbocycles. The van der Waals surface area contributed by atoms with Crippen LogP contribution < -0.4 is 16.8 Å². The van der Waals surface area contributed by atoms with Crippen LogP contribution in [0.3, 0.4) is 0 Å². The number of aliphatic imine (C=N–C) groups is 1. The van der Waals surface area contributed by atoms with Gasteiger partial charge in [0.25, 0.3) is 0 Å². The first-order valence-electron chi connectivity index (χ1n) is 7.48. The lowest BCUT2D eigenvalue weighted by atomic mass is 10.2. The number of allylic oxidation sites excluding steroid dienone is 2. The van der Waals surface area contributed by atoms with Gasteiger partial charge in [-0.05, 0) is 23.8 Å². The van der Waals surface area contributed by atoms with Crippen LogP contribution in [-0.2, 0) is 11.3 Å². The monoisotopic (exact) mass is 320 g/mol. The zero-order chi connectivity index (χ0) is 17.2. The third-order valence-corrected chi connectivity index (χ3v) is 3.20. The SMILES string of the molecule is NC=C(C=NCc1ccccc1)/C=C/C(=O)Nc1ccccc1N. The number of nitrogens with two attached hydrogens (primary N) is 2. The van der Waals surface area contributed by atoms with Crippen molar-refractivity contribution in [3.8, 4) is 0 Å². The minimum absolute atomic E-state index is 0.288. The van der Waals surface area contributed by atoms with Crippen LogP contribution in [0.15, 0.2) is 83.5 Å². The second-order valence-corrected chi connectivity index (χ2v) is 5.03. The molecule has 122 valence electrons. The molecule has 5 heteroatoms. The third kappa shape index (κ3) is 5.46. The zero-order valence-electron chi connectivity index (χ0n) is 13.2. The summed E-state index contributed by atoms with van der Waals surface area (Å²) in [6.45, 7) is 0.554. The Bertz CT molecular complexity index is 764. The van der Waals surface area contributed by atoms with Gasteiger partial charge in [-0.15, -0.1) is 0 Å². The smallest absolute Gasteiger partial charge is 0.248 e. The van der Waals surface area contributed by atoms with Gasteiger partial charge >= 0.3 is 0 Å². The molecule has 2 rings (SSSR count). The maximum atomic E-state index is 11.9. The van der Waals surface area contributed by atoms with Gasteiger partial charge in [-0.3, -0.25) is 9.79 Å². The summed E-state index contributed by atoms with van der Waals surface area (Å²) >= 11 is 0. The van der Waals surface area contributed by atoms with Crippen molar-refractivity contribution in [3.63, 3.8) is 0 Å². The maximum Gasteiger partial charge on any atom is 0.248 e. The van der Waals surface area contributed by atoms with E-state index in [1.165, 1.54) is 12.3 Å². The molecule has 0 saturated carbocycles. The number of benzene rings is 2. The van der Waals surface area contributed by atoms with Crippen molar-refractivity contribution < 1.29 is 4.79 Å². The van der Waals surface area contributed by atoms with Crippen molar-refractivity contribution in [1.82, 2.24) is 0 Å². The van der Waals surface area contributed by atoms with Crippen LogP contribution in [0.4, 0.5) is 11.4 Å². The standard InChI is InChI=1S/C19H20N4O/c20-12-16(14-22-13-15-6-2-1-3-7-15)10-11-19(24)23-18-9-5-4-8-17(18)21/h1-12,14H,13,20-21H2,(H,23,24)/b11-10+,16-12?,22-14?. The number of carbonyl (C=O) groups is 1. The fourth-order valence-electron chi connectivity index (χ4n) is 1.94. The molecule has 0 aliphatic heterocycles. The van der Waals surface area contributed by atoms with Crippen molar-refractivity contribution in [2.45, 2.75) is 6.54 Å². The number of anilines is 2. The van der Waals surface area contributed by atoms with E-state index in [-0.39, 0.29) is 5.91 Å². The summed E-state index contributed by atoms with van der Waals surface area (Å²) in [5.74, 6) is -0.288. The lowest BCUT2D eigenvalue weighted by Gasteiger charge is -2.04. The van der Waals surface area contributed by atoms with Crippen molar-refractivity contribution in [2.24, 2.45) is 10.7 Å². The van der Waals surface area contributed by atoms with E-state index in [2.05, 4.69) is 10.3 Å². The Hall–Kier alpha value is -3.34. The van der Waals surface area contributed by atoms with Crippen LogP contribution in [-0.4, -0.2) is 12.1 Å². The molecule has 0 radical (unpaired) electrons. The quantitative estimate of drug-likeness (QED) is 0.331. The van der Waals surface area contributed by atoms with E-state index in [1.54, 1.807) is 36.6 Å². The number of nitrogens with one attached hydrogen (secondary N) is 1. The van der Waals surface area contributed by atoms with Crippen LogP contribution in [0.2, 0.25) is 0 Å². The summed E-state index contributed by atoms with van der Waals surface area (Å²) in [5.41, 5.74) is 14.2. The van der Waals surface area contributed by atoms with Crippen LogP contribution in [0.25, 0.3) is 0 Å². The number of nitrogen functional groups attached to an aromatic ring is 1. The lowest BCUT2D eigenvalue weighted by molar-refractivity contribution is -0.111. The summed E-state index contributed by atoms with van der Waals surface area (Å²) < 4.78 is 0. The molecule has 1 amide bonds. The molecule has 0 aliphatic rings. The Morgan fingerprint density at radius 1 is 1.04 bits per heavy atom. The van der Waals surface area contributed by atoms with E-state index in [4.69, 9.17) is 11.5 Å². The third-order valence-electron chi connectivity index (χ3n) is 3.20. The van der Waals surface area contributed by atoms with E-state index in [9.17, 15) is 4.79 Å². The first-order valence-corrected chi connectivity index (χ1v) is 7.48. The second-order valence-electron chi connectivity index (χ2n) is 5.03. The summed E-state index contributed by atoms with van der Waals surface area (Å²) in [6, 6.07) is 16.9. The first-order chi connectivity index (χ1) is 11.7. The highest BCUT2D eigenvalue weighted by molar-refractivity contribution is 6.02. The van der Waals surface area contributed by atoms with Gasteiger partial charge in [-0.1, -0.05) is 42.5 Å². The van der Waals surface area contributed by atoms with Crippen molar-refractivity contribution >= 4 is 23.5 Å². The number of para-hydroxylation sites is 2. The summed E-state index contributed by atoms with van der Waals surface area (Å²) in [6.07, 6.45) is 6.02. The summed E-state index contributed by atoms with van der Waals surface area (Å²) in [4.78, 5) is 16.2. The van der Waals surface area contributed by atoms with Crippen LogP contribution >= 0.6 is 0 Å². The molecule has 0 heterocycles. The molecular weight excluding hydrogens is 300 g/mol. The molecule has 0 spiro atoms. The Morgan fingerprint density at radius 3 is 2.46 bits per heavy atom. The lowest BCUT2D eigenvalue weighted by Crippen LogP contribution is -2.09. The molecule has 0 bridgehead atoms. The topological polar surface area (TPSA) is 93.5 Å². The number of hydrogen-bond donors (Lipinski definition) is 3. The predicted molar refractivity (Wildman–Crippen MR) is 99.5 cm³/mol. The Morgan fingerprint density at radius 2 is 1.75 bits per heavy atom. The van der Waals surface area contributed by atoms with E-state index in [1.807, 2.05) is 30.3 Å². The van der Waals surface area contributed by atoms with Gasteiger partial charge in [0.2, 0.25) is 5.91 Å². The Balaban J connectivity index is 1.91. The molecule has 24 heavy (non-hydrogen) atoms. The van der Waals surface area contributed by atoms with Gasteiger partial charge < -0.3 is 16.8 Å². The average Bonchev–Trinajstić information content (AvgIpc) is 2.61. The molecular formula is C19H20N4O. The molecule has 5 N–H and O–H groups in total. The fraction of sp³-hybridized carbons (Fsp3) is 0.0526. The average molecular weight is 320 g/mol. The highest BCUT2D eigenvalue weighted by Crippen LogP contribution is 2.16. The molecule has 0 unspecified atom stereocenters. The molecule has 0 atom stereocenters. The highest BCUT2D eigenvalue weighted by atomic mass is 16.1. The van der Waals surface area contributed by atoms with E-state index in [0.29, 0.717) is 23.5 Å². The van der Waals surface area contributed by atoms with Gasteiger partial charge in [0.05, 0.1) is 17.9 Å². The zero-order valence-corrected chi connectivity index (χ0v) is 13.2. The van der Waals surface area contributed by atoms with Gasteiger partial charge in [0.1, 0.15) is 0 Å². The molecule has 5 nitrogen and oxygen atoms in total. The van der Waals surface area contributed by atoms with Crippen molar-refractivity contribution in [1.29, 1.82) is 0 Å². The van der Waals surface area contributed by atoms with Crippen molar-refractivity contribution in [2.75, 3.05) is 11.1 Å². The minimum atomic E-state index is -0.288. The number of hydrogen-bond acceptors (Lipinski definition) is 4. The number of carbonyl (C=O) groups excluding carboxylic acids is 1. The summed E-state index contributed by atoms with van der Waals surface area (Å²) in [5, 5.41) is 2.71. The molecule has 2 aromatic rings. The fourth-order valence-corrected chi connectivity index (χ4v) is 1.94. The second kappa shape index (κ2) is 8.95. The highest BCUT2D eigenvalue weighted by Gasteiger charge is 2.00. The van der Waals surface area contributed by atoms with Gasteiger partial charge in [0, 0.05) is 24.1 Å². The predicted octanol–water partition coefficient (Wildman–Crippen LogP) is 2.88. The van der Waals surface area contributed by atoms with E-state index >= 15 is 0 Å². The van der Waals surface area contributed by atoms with Crippen LogP contribution in [0, 0.1) is 0 Å². The van der Waals surface area contributed by atoms with Crippen LogP contribution in [0.1, 0.15) is 5.56 Å². The van der Waals surface area contributed by atoms with E-state index < -0.39 is 0 Å². The number of amides is 1. The Labute approximate surface area is 141 Å².